The van der Waals surface area contributed by atoms with E-state index in [0.29, 0.717) is 17.1 Å². The Balaban J connectivity index is 2.00. The van der Waals surface area contributed by atoms with Crippen LogP contribution in [0.3, 0.4) is 0 Å². The van der Waals surface area contributed by atoms with Crippen molar-refractivity contribution in [2.24, 2.45) is 0 Å². The topological polar surface area (TPSA) is 93.2 Å². The van der Waals surface area contributed by atoms with Gasteiger partial charge in [-0.3, -0.25) is 9.59 Å². The normalized spacial score (nSPS) is 10.5. The number of nitrogens with zero attached hydrogens (tertiary/aromatic N) is 1. The Labute approximate surface area is 155 Å². The summed E-state index contributed by atoms with van der Waals surface area (Å²) < 4.78 is 5.99. The number of aryl methyl sites for hydroxylation is 2. The van der Waals surface area contributed by atoms with Crippen LogP contribution in [0.4, 0.5) is 5.69 Å². The highest BCUT2D eigenvalue weighted by Gasteiger charge is 2.16. The van der Waals surface area contributed by atoms with Crippen molar-refractivity contribution in [1.29, 1.82) is 0 Å². The highest BCUT2D eigenvalue weighted by atomic mass is 16.5. The maximum Gasteiger partial charge on any atom is 0.333 e. The first-order chi connectivity index (χ1) is 12.9. The molecule has 7 nitrogen and oxygen atoms in total. The second-order valence-electron chi connectivity index (χ2n) is 6.18. The van der Waals surface area contributed by atoms with Crippen LogP contribution in [0, 0.1) is 13.8 Å². The average Bonchev–Trinajstić information content (AvgIpc) is 2.61. The molecule has 0 spiro atoms. The number of carbonyl (C=O) groups is 1. The lowest BCUT2D eigenvalue weighted by Crippen LogP contribution is -2.38. The molecule has 2 N–H and O–H groups in total. The molecule has 3 rings (SSSR count). The van der Waals surface area contributed by atoms with Crippen LogP contribution in [0.5, 0.6) is 5.75 Å². The minimum Gasteiger partial charge on any atom is -0.497 e. The fourth-order valence-electron chi connectivity index (χ4n) is 2.85. The van der Waals surface area contributed by atoms with Crippen LogP contribution >= 0.6 is 0 Å². The number of hydrogen-bond donors (Lipinski definition) is 2. The zero-order chi connectivity index (χ0) is 19.6. The van der Waals surface area contributed by atoms with E-state index in [4.69, 9.17) is 4.74 Å². The molecule has 0 aliphatic carbocycles. The Hall–Kier alpha value is -3.61. The summed E-state index contributed by atoms with van der Waals surface area (Å²) in [7, 11) is 1.52. The van der Waals surface area contributed by atoms with E-state index in [0.717, 1.165) is 21.9 Å². The predicted octanol–water partition coefficient (Wildman–Crippen LogP) is 2.40. The lowest BCUT2D eigenvalue weighted by molar-refractivity contribution is 0.102. The van der Waals surface area contributed by atoms with Crippen molar-refractivity contribution in [2.45, 2.75) is 13.8 Å². The van der Waals surface area contributed by atoms with Crippen molar-refractivity contribution >= 4 is 11.6 Å². The van der Waals surface area contributed by atoms with E-state index in [2.05, 4.69) is 10.3 Å². The fourth-order valence-corrected chi connectivity index (χ4v) is 2.85. The summed E-state index contributed by atoms with van der Waals surface area (Å²) in [5.41, 5.74) is 1.40. The number of aromatic amines is 1. The van der Waals surface area contributed by atoms with E-state index in [1.54, 1.807) is 36.4 Å². The number of H-pyrrole nitrogens is 1. The van der Waals surface area contributed by atoms with Crippen molar-refractivity contribution in [3.8, 4) is 11.4 Å². The number of anilines is 1. The third-order valence-electron chi connectivity index (χ3n) is 4.03. The molecular formula is C20H19N3O4. The van der Waals surface area contributed by atoms with E-state index in [9.17, 15) is 14.4 Å². The lowest BCUT2D eigenvalue weighted by Gasteiger charge is -2.10. The summed E-state index contributed by atoms with van der Waals surface area (Å²) in [6, 6.07) is 12.0. The van der Waals surface area contributed by atoms with Crippen LogP contribution in [0.15, 0.2) is 58.3 Å². The summed E-state index contributed by atoms with van der Waals surface area (Å²) in [6.07, 6.45) is 1.13. The highest BCUT2D eigenvalue weighted by Crippen LogP contribution is 2.15. The molecule has 0 saturated carbocycles. The van der Waals surface area contributed by atoms with E-state index >= 15 is 0 Å². The second-order valence-corrected chi connectivity index (χ2v) is 6.18. The second kappa shape index (κ2) is 7.33. The summed E-state index contributed by atoms with van der Waals surface area (Å²) in [4.78, 5) is 40.0. The van der Waals surface area contributed by atoms with Crippen molar-refractivity contribution in [1.82, 2.24) is 9.55 Å². The molecule has 0 bridgehead atoms. The predicted molar refractivity (Wildman–Crippen MR) is 103 cm³/mol. The standard InChI is InChI=1S/C20H19N3O4/c1-12-8-13(2)10-14(9-12)22-18(24)17-11-21-20(26)23(19(17)25)15-4-6-16(27-3)7-5-15/h4-11H,1-3H3,(H,21,26)(H,22,24). The quantitative estimate of drug-likeness (QED) is 0.742. The van der Waals surface area contributed by atoms with Gasteiger partial charge in [0, 0.05) is 11.9 Å². The molecule has 0 saturated heterocycles. The van der Waals surface area contributed by atoms with Crippen LogP contribution in [0.2, 0.25) is 0 Å². The van der Waals surface area contributed by atoms with Gasteiger partial charge in [-0.05, 0) is 61.4 Å². The van der Waals surface area contributed by atoms with Gasteiger partial charge in [0.1, 0.15) is 11.3 Å². The maximum absolute atomic E-state index is 12.8. The van der Waals surface area contributed by atoms with E-state index < -0.39 is 17.2 Å². The largest absolute Gasteiger partial charge is 0.497 e. The van der Waals surface area contributed by atoms with Gasteiger partial charge in [-0.25, -0.2) is 9.36 Å². The van der Waals surface area contributed by atoms with E-state index in [-0.39, 0.29) is 5.56 Å². The van der Waals surface area contributed by atoms with Crippen molar-refractivity contribution < 1.29 is 9.53 Å². The number of hydrogen-bond acceptors (Lipinski definition) is 4. The van der Waals surface area contributed by atoms with Gasteiger partial charge in [-0.15, -0.1) is 0 Å². The van der Waals surface area contributed by atoms with Gasteiger partial charge in [0.25, 0.3) is 11.5 Å². The molecule has 7 heteroatoms. The van der Waals surface area contributed by atoms with Crippen LogP contribution in [0.1, 0.15) is 21.5 Å². The smallest absolute Gasteiger partial charge is 0.333 e. The van der Waals surface area contributed by atoms with Crippen LogP contribution in [0.25, 0.3) is 5.69 Å². The molecule has 1 aromatic heterocycles. The Morgan fingerprint density at radius 1 is 1.04 bits per heavy atom. The number of carbonyl (C=O) groups excluding carboxylic acids is 1. The maximum atomic E-state index is 12.8. The van der Waals surface area contributed by atoms with Gasteiger partial charge in [0.15, 0.2) is 0 Å². The van der Waals surface area contributed by atoms with E-state index in [1.807, 2.05) is 19.9 Å². The molecule has 0 aliphatic heterocycles. The van der Waals surface area contributed by atoms with Gasteiger partial charge in [0.05, 0.1) is 12.8 Å². The van der Waals surface area contributed by atoms with Crippen LogP contribution in [-0.4, -0.2) is 22.6 Å². The number of amides is 1. The zero-order valence-electron chi connectivity index (χ0n) is 15.2. The van der Waals surface area contributed by atoms with Gasteiger partial charge in [0.2, 0.25) is 0 Å². The molecule has 3 aromatic rings. The molecule has 0 fully saturated rings. The number of rotatable bonds is 4. The Bertz CT molecular complexity index is 1090. The van der Waals surface area contributed by atoms with E-state index in [1.165, 1.54) is 7.11 Å². The first-order valence-corrected chi connectivity index (χ1v) is 8.28. The third kappa shape index (κ3) is 3.82. The first-order valence-electron chi connectivity index (χ1n) is 8.28. The molecular weight excluding hydrogens is 346 g/mol. The minimum absolute atomic E-state index is 0.162. The molecule has 1 heterocycles. The van der Waals surface area contributed by atoms with Crippen LogP contribution in [-0.2, 0) is 0 Å². The summed E-state index contributed by atoms with van der Waals surface area (Å²) in [5.74, 6) is -0.00421. The molecule has 138 valence electrons. The molecule has 0 aliphatic rings. The third-order valence-corrected chi connectivity index (χ3v) is 4.03. The van der Waals surface area contributed by atoms with Crippen LogP contribution < -0.4 is 21.3 Å². The summed E-state index contributed by atoms with van der Waals surface area (Å²) >= 11 is 0. The highest BCUT2D eigenvalue weighted by molar-refractivity contribution is 6.03. The molecule has 0 atom stereocenters. The molecule has 1 amide bonds. The Kier molecular flexibility index (Phi) is 4.94. The average molecular weight is 365 g/mol. The number of nitrogens with one attached hydrogen (secondary N) is 2. The molecule has 27 heavy (non-hydrogen) atoms. The van der Waals surface area contributed by atoms with Gasteiger partial charge in [-0.1, -0.05) is 6.07 Å². The van der Waals surface area contributed by atoms with Gasteiger partial charge in [-0.2, -0.15) is 0 Å². The number of methoxy groups -OCH3 is 1. The zero-order valence-corrected chi connectivity index (χ0v) is 15.2. The monoisotopic (exact) mass is 365 g/mol. The number of aromatic nitrogens is 2. The SMILES string of the molecule is COc1ccc(-n2c(=O)[nH]cc(C(=O)Nc3cc(C)cc(C)c3)c2=O)cc1. The Morgan fingerprint density at radius 3 is 2.26 bits per heavy atom. The first kappa shape index (κ1) is 18.2. The van der Waals surface area contributed by atoms with Crippen molar-refractivity contribution in [2.75, 3.05) is 12.4 Å². The van der Waals surface area contributed by atoms with Gasteiger partial charge < -0.3 is 15.0 Å². The number of ether oxygens (including phenoxy) is 1. The molecule has 0 radical (unpaired) electrons. The minimum atomic E-state index is -0.703. The number of benzene rings is 2. The fraction of sp³-hybridized carbons (Fsp3) is 0.150. The van der Waals surface area contributed by atoms with Gasteiger partial charge >= 0.3 is 5.69 Å². The molecule has 0 unspecified atom stereocenters. The van der Waals surface area contributed by atoms with Crippen molar-refractivity contribution in [3.63, 3.8) is 0 Å². The molecule has 2 aromatic carbocycles. The van der Waals surface area contributed by atoms with Crippen molar-refractivity contribution in [3.05, 3.63) is 86.2 Å². The summed E-state index contributed by atoms with van der Waals surface area (Å²) in [5, 5.41) is 2.70. The summed E-state index contributed by atoms with van der Waals surface area (Å²) in [6.45, 7) is 3.83. The lowest BCUT2D eigenvalue weighted by atomic mass is 10.1. The Morgan fingerprint density at radius 2 is 1.67 bits per heavy atom.